The molecule has 166 valence electrons. The highest BCUT2D eigenvalue weighted by atomic mass is 32.2. The molecule has 0 atom stereocenters. The van der Waals surface area contributed by atoms with E-state index in [0.717, 1.165) is 0 Å². The van der Waals surface area contributed by atoms with Crippen LogP contribution in [-0.4, -0.2) is 24.6 Å². The maximum absolute atomic E-state index is 14.2. The van der Waals surface area contributed by atoms with Gasteiger partial charge in [-0.3, -0.25) is 9.69 Å². The molecule has 0 bridgehead atoms. The molecule has 0 saturated carbocycles. The van der Waals surface area contributed by atoms with Crippen LogP contribution >= 0.6 is 11.3 Å². The first-order valence-corrected chi connectivity index (χ1v) is 12.3. The van der Waals surface area contributed by atoms with Gasteiger partial charge in [0.05, 0.1) is 34.1 Å². The normalized spacial score (nSPS) is 11.9. The predicted molar refractivity (Wildman–Crippen MR) is 122 cm³/mol. The fraction of sp³-hybridized carbons (Fsp3) is 0.217. The lowest BCUT2D eigenvalue weighted by atomic mass is 10.1. The third-order valence-electron chi connectivity index (χ3n) is 5.01. The van der Waals surface area contributed by atoms with Crippen LogP contribution in [0.5, 0.6) is 0 Å². The van der Waals surface area contributed by atoms with Crippen LogP contribution in [0.2, 0.25) is 0 Å². The molecule has 32 heavy (non-hydrogen) atoms. The number of carbonyl (C=O) groups is 1. The van der Waals surface area contributed by atoms with Gasteiger partial charge in [0.2, 0.25) is 5.91 Å². The lowest BCUT2D eigenvalue weighted by molar-refractivity contribution is -0.118. The Balaban J connectivity index is 1.62. The summed E-state index contributed by atoms with van der Waals surface area (Å²) in [5.41, 5.74) is 0.877. The number of hydrogen-bond donors (Lipinski definition) is 0. The van der Waals surface area contributed by atoms with Crippen molar-refractivity contribution in [2.45, 2.75) is 37.0 Å². The molecule has 0 aliphatic heterocycles. The molecule has 0 aliphatic carbocycles. The topological polar surface area (TPSA) is 80.5 Å². The number of nitrogens with zero attached hydrogens (tertiary/aromatic N) is 2. The minimum Gasteiger partial charge on any atom is -0.467 e. The van der Waals surface area contributed by atoms with Crippen LogP contribution in [-0.2, 0) is 27.6 Å². The van der Waals surface area contributed by atoms with E-state index in [1.807, 2.05) is 0 Å². The molecule has 4 aromatic rings. The Morgan fingerprint density at radius 1 is 1.12 bits per heavy atom. The Bertz CT molecular complexity index is 1340. The second kappa shape index (κ2) is 8.84. The summed E-state index contributed by atoms with van der Waals surface area (Å²) in [6.45, 7) is 3.40. The van der Waals surface area contributed by atoms with Gasteiger partial charge in [0.1, 0.15) is 17.1 Å². The summed E-state index contributed by atoms with van der Waals surface area (Å²) >= 11 is 1.22. The minimum absolute atomic E-state index is 0.0289. The van der Waals surface area contributed by atoms with Crippen molar-refractivity contribution in [3.8, 4) is 0 Å². The number of sulfone groups is 1. The van der Waals surface area contributed by atoms with Crippen LogP contribution in [0.25, 0.3) is 10.2 Å². The van der Waals surface area contributed by atoms with E-state index < -0.39 is 20.9 Å². The second-order valence-electron chi connectivity index (χ2n) is 7.56. The van der Waals surface area contributed by atoms with Gasteiger partial charge in [0.15, 0.2) is 15.0 Å². The highest BCUT2D eigenvalue weighted by Gasteiger charge is 2.23. The number of rotatable bonds is 7. The summed E-state index contributed by atoms with van der Waals surface area (Å²) < 4.78 is 44.8. The third-order valence-corrected chi connectivity index (χ3v) is 8.23. The van der Waals surface area contributed by atoms with E-state index in [0.29, 0.717) is 21.2 Å². The summed E-state index contributed by atoms with van der Waals surface area (Å²) in [4.78, 5) is 19.3. The zero-order valence-electron chi connectivity index (χ0n) is 17.5. The molecule has 1 amide bonds. The molecular weight excluding hydrogens is 451 g/mol. The Hall–Kier alpha value is -3.04. The van der Waals surface area contributed by atoms with Gasteiger partial charge in [0, 0.05) is 0 Å². The number of furan rings is 1. The maximum Gasteiger partial charge on any atom is 0.233 e. The van der Waals surface area contributed by atoms with Crippen LogP contribution in [0, 0.1) is 5.82 Å². The third kappa shape index (κ3) is 4.44. The highest BCUT2D eigenvalue weighted by molar-refractivity contribution is 7.92. The smallest absolute Gasteiger partial charge is 0.233 e. The van der Waals surface area contributed by atoms with E-state index in [4.69, 9.17) is 4.42 Å². The Kier molecular flexibility index (Phi) is 6.12. The number of carbonyl (C=O) groups excluding carboxylic acids is 1. The van der Waals surface area contributed by atoms with Crippen molar-refractivity contribution >= 4 is 42.4 Å². The molecule has 0 radical (unpaired) electrons. The van der Waals surface area contributed by atoms with Crippen LogP contribution in [0.4, 0.5) is 9.52 Å². The van der Waals surface area contributed by atoms with Crippen LogP contribution < -0.4 is 4.90 Å². The van der Waals surface area contributed by atoms with Gasteiger partial charge >= 0.3 is 0 Å². The number of hydrogen-bond acceptors (Lipinski definition) is 6. The SMILES string of the molecule is CC(C)S(=O)(=O)c1ccc(CC(=O)N(Cc2ccco2)c2nc3c(F)cccc3s2)cc1. The van der Waals surface area contributed by atoms with E-state index in [2.05, 4.69) is 4.98 Å². The predicted octanol–water partition coefficient (Wildman–Crippen LogP) is 4.99. The maximum atomic E-state index is 14.2. The summed E-state index contributed by atoms with van der Waals surface area (Å²) in [5.74, 6) is -0.144. The highest BCUT2D eigenvalue weighted by Crippen LogP contribution is 2.31. The number of aromatic nitrogens is 1. The monoisotopic (exact) mass is 472 g/mol. The summed E-state index contributed by atoms with van der Waals surface area (Å²) in [5, 5.41) is -0.163. The van der Waals surface area contributed by atoms with E-state index in [1.165, 1.54) is 40.7 Å². The number of para-hydroxylation sites is 1. The fourth-order valence-electron chi connectivity index (χ4n) is 3.18. The molecule has 2 aromatic carbocycles. The minimum atomic E-state index is -3.39. The molecule has 0 N–H and O–H groups in total. The number of anilines is 1. The molecule has 0 unspecified atom stereocenters. The van der Waals surface area contributed by atoms with Gasteiger partial charge in [-0.1, -0.05) is 29.5 Å². The van der Waals surface area contributed by atoms with Gasteiger partial charge < -0.3 is 4.42 Å². The number of benzene rings is 2. The van der Waals surface area contributed by atoms with Crippen LogP contribution in [0.15, 0.2) is 70.2 Å². The van der Waals surface area contributed by atoms with Crippen molar-refractivity contribution in [3.05, 3.63) is 78.0 Å². The van der Waals surface area contributed by atoms with E-state index in [-0.39, 0.29) is 29.3 Å². The first-order valence-electron chi connectivity index (χ1n) is 9.96. The number of amides is 1. The van der Waals surface area contributed by atoms with Gasteiger partial charge in [-0.25, -0.2) is 17.8 Å². The van der Waals surface area contributed by atoms with E-state index >= 15 is 0 Å². The first kappa shape index (κ1) is 22.2. The lowest BCUT2D eigenvalue weighted by Gasteiger charge is -2.19. The first-order chi connectivity index (χ1) is 15.3. The van der Waals surface area contributed by atoms with Gasteiger partial charge in [0.25, 0.3) is 0 Å². The van der Waals surface area contributed by atoms with Gasteiger partial charge in [-0.15, -0.1) is 0 Å². The molecule has 0 spiro atoms. The van der Waals surface area contributed by atoms with Crippen LogP contribution in [0.1, 0.15) is 25.2 Å². The Morgan fingerprint density at radius 2 is 1.88 bits per heavy atom. The van der Waals surface area contributed by atoms with Gasteiger partial charge in [-0.2, -0.15) is 0 Å². The zero-order chi connectivity index (χ0) is 22.9. The quantitative estimate of drug-likeness (QED) is 0.379. The second-order valence-corrected chi connectivity index (χ2v) is 11.1. The molecule has 2 aromatic heterocycles. The van der Waals surface area contributed by atoms with Crippen molar-refractivity contribution in [1.29, 1.82) is 0 Å². The molecule has 0 fully saturated rings. The molecular formula is C23H21FN2O4S2. The molecule has 2 heterocycles. The van der Waals surface area contributed by atoms with Crippen molar-refractivity contribution in [2.75, 3.05) is 4.90 Å². The summed E-state index contributed by atoms with van der Waals surface area (Å²) in [6, 6.07) is 14.5. The zero-order valence-corrected chi connectivity index (χ0v) is 19.1. The number of thiazole rings is 1. The average molecular weight is 473 g/mol. The molecule has 4 rings (SSSR count). The lowest BCUT2D eigenvalue weighted by Crippen LogP contribution is -2.31. The van der Waals surface area contributed by atoms with Crippen molar-refractivity contribution in [2.24, 2.45) is 0 Å². The summed E-state index contributed by atoms with van der Waals surface area (Å²) in [7, 11) is -3.39. The van der Waals surface area contributed by atoms with Crippen molar-refractivity contribution < 1.29 is 22.0 Å². The van der Waals surface area contributed by atoms with E-state index in [1.54, 1.807) is 50.2 Å². The average Bonchev–Trinajstić information content (AvgIpc) is 3.42. The van der Waals surface area contributed by atoms with Crippen molar-refractivity contribution in [3.63, 3.8) is 0 Å². The Morgan fingerprint density at radius 3 is 2.50 bits per heavy atom. The largest absolute Gasteiger partial charge is 0.467 e. The van der Waals surface area contributed by atoms with Gasteiger partial charge in [-0.05, 0) is 55.8 Å². The van der Waals surface area contributed by atoms with Crippen molar-refractivity contribution in [1.82, 2.24) is 4.98 Å². The van der Waals surface area contributed by atoms with Crippen LogP contribution in [0.3, 0.4) is 0 Å². The number of fused-ring (bicyclic) bond motifs is 1. The standard InChI is InChI=1S/C23H21FN2O4S2/c1-15(2)32(28,29)18-10-8-16(9-11-18)13-21(27)26(14-17-5-4-12-30-17)23-25-22-19(24)6-3-7-20(22)31-23/h3-12,15H,13-14H2,1-2H3. The molecule has 0 aliphatic rings. The molecule has 0 saturated heterocycles. The van der Waals surface area contributed by atoms with E-state index in [9.17, 15) is 17.6 Å². The fourth-order valence-corrected chi connectivity index (χ4v) is 5.24. The Labute approximate surface area is 189 Å². The number of halogens is 1. The summed E-state index contributed by atoms with van der Waals surface area (Å²) in [6.07, 6.45) is 1.55. The molecule has 9 heteroatoms. The molecule has 6 nitrogen and oxygen atoms in total.